The van der Waals surface area contributed by atoms with E-state index in [1.54, 1.807) is 91.0 Å². The van der Waals surface area contributed by atoms with Gasteiger partial charge in [0, 0.05) is 19.7 Å². The molecule has 38 heavy (non-hydrogen) atoms. The highest BCUT2D eigenvalue weighted by Gasteiger charge is 2.67. The van der Waals surface area contributed by atoms with Crippen molar-refractivity contribution in [2.45, 2.75) is 24.3 Å². The highest BCUT2D eigenvalue weighted by Crippen LogP contribution is 3.00. The van der Waals surface area contributed by atoms with Crippen LogP contribution in [0.4, 0.5) is 15.5 Å². The molecule has 0 saturated heterocycles. The lowest BCUT2D eigenvalue weighted by molar-refractivity contribution is 0.441. The van der Waals surface area contributed by atoms with Crippen LogP contribution in [0.2, 0.25) is 5.02 Å². The molecule has 0 spiro atoms. The Hall–Kier alpha value is -2.21. The van der Waals surface area contributed by atoms with Crippen molar-refractivity contribution in [1.82, 2.24) is 0 Å². The molecule has 0 amide bonds. The van der Waals surface area contributed by atoms with Crippen molar-refractivity contribution < 1.29 is 27.6 Å². The summed E-state index contributed by atoms with van der Waals surface area (Å²) < 4.78 is 90.8. The van der Waals surface area contributed by atoms with E-state index in [1.807, 2.05) is 0 Å². The first-order valence-corrected chi connectivity index (χ1v) is 17.1. The summed E-state index contributed by atoms with van der Waals surface area (Å²) in [5, 5.41) is -0.0394. The van der Waals surface area contributed by atoms with Crippen LogP contribution in [0.5, 0.6) is 0 Å². The molecule has 0 fully saturated rings. The third-order valence-corrected chi connectivity index (χ3v) is 14.5. The molecule has 0 aromatic heterocycles. The van der Waals surface area contributed by atoms with Gasteiger partial charge in [0.25, 0.3) is 10.1 Å². The summed E-state index contributed by atoms with van der Waals surface area (Å²) in [6, 6.07) is 27.5. The Bertz CT molecular complexity index is 1420. The molecule has 0 aliphatic rings. The summed E-state index contributed by atoms with van der Waals surface area (Å²) in [5.41, 5.74) is 0. The number of hydrogen-bond acceptors (Lipinski definition) is 3. The summed E-state index contributed by atoms with van der Waals surface area (Å²) in [7, 11) is -17.6. The van der Waals surface area contributed by atoms with Gasteiger partial charge in [-0.05, 0) is 71.0 Å². The van der Waals surface area contributed by atoms with E-state index in [4.69, 9.17) is 26.8 Å². The number of benzene rings is 4. The van der Waals surface area contributed by atoms with Gasteiger partial charge < -0.3 is 0 Å². The molecule has 0 saturated carbocycles. The topological polar surface area (TPSA) is 43.4 Å². The van der Waals surface area contributed by atoms with Crippen molar-refractivity contribution >= 4 is 53.5 Å². The summed E-state index contributed by atoms with van der Waals surface area (Å²) in [4.78, 5) is -0.443. The maximum absolute atomic E-state index is 15.2. The van der Waals surface area contributed by atoms with E-state index in [0.717, 1.165) is 12.1 Å². The van der Waals surface area contributed by atoms with E-state index in [0.29, 0.717) is 26.8 Å². The number of halogens is 6. The van der Waals surface area contributed by atoms with Crippen molar-refractivity contribution in [3.8, 4) is 0 Å². The van der Waals surface area contributed by atoms with Crippen molar-refractivity contribution in [3.05, 3.63) is 120 Å². The average molecular weight is 626 g/mol. The van der Waals surface area contributed by atoms with Gasteiger partial charge in [-0.3, -0.25) is 0 Å². The van der Waals surface area contributed by atoms with E-state index in [2.05, 4.69) is 0 Å². The number of hydrogen-bond donors (Lipinski definition) is 0. The van der Waals surface area contributed by atoms with Gasteiger partial charge in [-0.15, -0.1) is 27.1 Å². The van der Waals surface area contributed by atoms with Crippen molar-refractivity contribution in [2.75, 3.05) is 5.75 Å². The van der Waals surface area contributed by atoms with Gasteiger partial charge >= 0.3 is 0 Å². The molecule has 0 N–H and O–H groups in total. The zero-order valence-electron chi connectivity index (χ0n) is 19.5. The molecular weight excluding hydrogens is 603 g/mol. The lowest BCUT2D eigenvalue weighted by atomic mass is 10.4. The third-order valence-electron chi connectivity index (χ3n) is 5.54. The van der Waals surface area contributed by atoms with Crippen LogP contribution in [-0.2, 0) is 13.7 Å². The standard InChI is InChI=1S/C26H22Cl2F4O3S3/c27-21-16-18-25(19-17-21)38(29,30,31,32)20-26(28)37(33,34)35-36(22-10-4-1-5-11-22,23-12-6-2-7-13-23)24-14-8-3-9-15-24/h1-19,26H,20H2. The Labute approximate surface area is 230 Å². The molecule has 12 heteroatoms. The van der Waals surface area contributed by atoms with Crippen LogP contribution in [0.1, 0.15) is 0 Å². The van der Waals surface area contributed by atoms with Gasteiger partial charge in [0.15, 0.2) is 14.5 Å². The second-order valence-corrected chi connectivity index (χ2v) is 17.5. The molecule has 1 atom stereocenters. The fourth-order valence-electron chi connectivity index (χ4n) is 3.73. The Kier molecular flexibility index (Phi) is 7.40. The van der Waals surface area contributed by atoms with Gasteiger partial charge in [-0.25, -0.2) is 3.63 Å². The zero-order chi connectivity index (χ0) is 27.7. The van der Waals surface area contributed by atoms with Crippen LogP contribution in [0.25, 0.3) is 0 Å². The van der Waals surface area contributed by atoms with Gasteiger partial charge in [0.1, 0.15) is 0 Å². The van der Waals surface area contributed by atoms with E-state index in [-0.39, 0.29) is 5.02 Å². The van der Waals surface area contributed by atoms with Crippen LogP contribution < -0.4 is 0 Å². The Morgan fingerprint density at radius 1 is 0.658 bits per heavy atom. The first-order chi connectivity index (χ1) is 17.7. The molecular formula is C26H22Cl2F4O3S3. The number of alkyl halides is 1. The smallest absolute Gasteiger partial charge is 0.205 e. The molecule has 4 rings (SSSR count). The lowest BCUT2D eigenvalue weighted by Crippen LogP contribution is -2.32. The third kappa shape index (κ3) is 5.85. The van der Waals surface area contributed by atoms with Crippen LogP contribution in [0.15, 0.2) is 135 Å². The summed E-state index contributed by atoms with van der Waals surface area (Å²) in [6.07, 6.45) is 0. The van der Waals surface area contributed by atoms with Crippen LogP contribution >= 0.6 is 43.3 Å². The molecule has 4 aromatic carbocycles. The minimum Gasteiger partial charge on any atom is -0.205 e. The highest BCUT2D eigenvalue weighted by atomic mass is 35.5. The molecule has 0 bridgehead atoms. The monoisotopic (exact) mass is 624 g/mol. The molecule has 0 aliphatic heterocycles. The molecule has 0 radical (unpaired) electrons. The molecule has 3 nitrogen and oxygen atoms in total. The van der Waals surface area contributed by atoms with E-state index < -0.39 is 45.6 Å². The maximum Gasteiger partial charge on any atom is 0.295 e. The maximum atomic E-state index is 15.2. The largest absolute Gasteiger partial charge is 0.295 e. The fourth-order valence-corrected chi connectivity index (χ4v) is 12.7. The average Bonchev–Trinajstić information content (AvgIpc) is 2.88. The van der Waals surface area contributed by atoms with Gasteiger partial charge in [-0.1, -0.05) is 66.2 Å². The molecule has 1 unspecified atom stereocenters. The minimum absolute atomic E-state index is 0.0394. The summed E-state index contributed by atoms with van der Waals surface area (Å²) >= 11 is 11.6. The SMILES string of the molecule is O=S(=O)(OS(c1ccccc1)(c1ccccc1)c1ccccc1)C(Cl)CS(F)(F)(F)(F)c1ccc(Cl)cc1. The minimum atomic E-state index is -9.18. The molecule has 0 aliphatic carbocycles. The molecule has 0 heterocycles. The highest BCUT2D eigenvalue weighted by molar-refractivity contribution is 8.50. The lowest BCUT2D eigenvalue weighted by Gasteiger charge is -2.50. The molecule has 204 valence electrons. The second-order valence-electron chi connectivity index (χ2n) is 8.33. The Morgan fingerprint density at radius 3 is 1.39 bits per heavy atom. The first-order valence-electron chi connectivity index (χ1n) is 11.0. The summed E-state index contributed by atoms with van der Waals surface area (Å²) in [6.45, 7) is 0. The van der Waals surface area contributed by atoms with Crippen LogP contribution in [-0.4, -0.2) is 18.9 Å². The van der Waals surface area contributed by atoms with Crippen molar-refractivity contribution in [3.63, 3.8) is 0 Å². The van der Waals surface area contributed by atoms with Crippen LogP contribution in [0.3, 0.4) is 0 Å². The van der Waals surface area contributed by atoms with Gasteiger partial charge in [-0.2, -0.15) is 8.42 Å². The quantitative estimate of drug-likeness (QED) is 0.137. The Morgan fingerprint density at radius 2 is 1.03 bits per heavy atom. The van der Waals surface area contributed by atoms with E-state index in [9.17, 15) is 8.42 Å². The summed E-state index contributed by atoms with van der Waals surface area (Å²) in [5.74, 6) is -2.46. The van der Waals surface area contributed by atoms with Crippen molar-refractivity contribution in [2.24, 2.45) is 0 Å². The second kappa shape index (κ2) is 9.76. The van der Waals surface area contributed by atoms with Crippen LogP contribution in [0, 0.1) is 0 Å². The predicted molar refractivity (Wildman–Crippen MR) is 148 cm³/mol. The first kappa shape index (κ1) is 28.8. The van der Waals surface area contributed by atoms with E-state index >= 15 is 15.5 Å². The van der Waals surface area contributed by atoms with Gasteiger partial charge in [0.05, 0.1) is 10.6 Å². The normalized spacial score (nSPS) is 15.7. The molecule has 4 aromatic rings. The fraction of sp³-hybridized carbons (Fsp3) is 0.0769. The zero-order valence-corrected chi connectivity index (χ0v) is 23.4. The predicted octanol–water partition coefficient (Wildman–Crippen LogP) is 9.92. The number of rotatable bonds is 9. The van der Waals surface area contributed by atoms with E-state index in [1.165, 1.54) is 0 Å². The Balaban J connectivity index is 1.86. The van der Waals surface area contributed by atoms with Crippen molar-refractivity contribution in [1.29, 1.82) is 0 Å². The van der Waals surface area contributed by atoms with Gasteiger partial charge in [0.2, 0.25) is 0 Å².